The third kappa shape index (κ3) is 1.94. The average molecular weight is 217 g/mol. The Kier molecular flexibility index (Phi) is 3.78. The van der Waals surface area contributed by atoms with Crippen molar-refractivity contribution in [3.63, 3.8) is 0 Å². The van der Waals surface area contributed by atoms with Gasteiger partial charge in [-0.2, -0.15) is 5.26 Å². The molecular formula is C12H11NO3. The summed E-state index contributed by atoms with van der Waals surface area (Å²) < 4.78 is 4.61. The minimum atomic E-state index is -0.587. The smallest absolute Gasteiger partial charge is 0.338 e. The highest BCUT2D eigenvalue weighted by Crippen LogP contribution is 2.19. The Morgan fingerprint density at radius 2 is 2.25 bits per heavy atom. The van der Waals surface area contributed by atoms with Gasteiger partial charge < -0.3 is 4.74 Å². The first-order valence-electron chi connectivity index (χ1n) is 4.79. The number of benzene rings is 1. The fourth-order valence-corrected chi connectivity index (χ4v) is 1.52. The number of ether oxygens (including phenoxy) is 1. The van der Waals surface area contributed by atoms with Crippen LogP contribution in [0.2, 0.25) is 0 Å². The number of aldehydes is 1. The molecule has 0 N–H and O–H groups in total. The van der Waals surface area contributed by atoms with Gasteiger partial charge in [0.1, 0.15) is 0 Å². The summed E-state index contributed by atoms with van der Waals surface area (Å²) >= 11 is 0. The van der Waals surface area contributed by atoms with Crippen LogP contribution in [0.4, 0.5) is 0 Å². The predicted octanol–water partition coefficient (Wildman–Crippen LogP) is 1.72. The first-order chi connectivity index (χ1) is 7.69. The Balaban J connectivity index is 3.56. The second kappa shape index (κ2) is 5.08. The van der Waals surface area contributed by atoms with E-state index in [0.717, 1.165) is 0 Å². The second-order valence-electron chi connectivity index (χ2n) is 3.14. The number of methoxy groups -OCH3 is 1. The van der Waals surface area contributed by atoms with Crippen molar-refractivity contribution in [3.05, 3.63) is 34.4 Å². The molecule has 0 amide bonds. The van der Waals surface area contributed by atoms with Crippen LogP contribution in [-0.4, -0.2) is 19.4 Å². The molecule has 1 rings (SSSR count). The Morgan fingerprint density at radius 1 is 1.56 bits per heavy atom. The molecule has 0 atom stereocenters. The van der Waals surface area contributed by atoms with Crippen molar-refractivity contribution in [2.24, 2.45) is 0 Å². The van der Waals surface area contributed by atoms with Gasteiger partial charge >= 0.3 is 5.97 Å². The minimum Gasteiger partial charge on any atom is -0.465 e. The Hall–Kier alpha value is -2.15. The third-order valence-electron chi connectivity index (χ3n) is 2.34. The number of rotatable bonds is 3. The number of hydrogen-bond donors (Lipinski definition) is 0. The van der Waals surface area contributed by atoms with E-state index >= 15 is 0 Å². The van der Waals surface area contributed by atoms with E-state index in [2.05, 4.69) is 4.74 Å². The maximum absolute atomic E-state index is 11.6. The number of carbonyl (C=O) groups is 2. The molecule has 0 aromatic heterocycles. The molecular weight excluding hydrogens is 206 g/mol. The molecule has 0 bridgehead atoms. The van der Waals surface area contributed by atoms with Crippen LogP contribution in [-0.2, 0) is 11.2 Å². The predicted molar refractivity (Wildman–Crippen MR) is 57.3 cm³/mol. The van der Waals surface area contributed by atoms with Gasteiger partial charge in [0.2, 0.25) is 0 Å². The van der Waals surface area contributed by atoms with Gasteiger partial charge in [-0.15, -0.1) is 0 Å². The number of hydrogen-bond acceptors (Lipinski definition) is 4. The van der Waals surface area contributed by atoms with Crippen LogP contribution in [0.15, 0.2) is 12.1 Å². The molecule has 4 heteroatoms. The van der Waals surface area contributed by atoms with Gasteiger partial charge in [-0.1, -0.05) is 13.0 Å². The van der Waals surface area contributed by atoms with Gasteiger partial charge in [0, 0.05) is 5.56 Å². The normalized spacial score (nSPS) is 9.31. The highest BCUT2D eigenvalue weighted by molar-refractivity contribution is 6.01. The molecule has 0 heterocycles. The SMILES string of the molecule is CCc1ccc(C#N)c(C=O)c1C(=O)OC. The lowest BCUT2D eigenvalue weighted by Gasteiger charge is -2.09. The van der Waals surface area contributed by atoms with Gasteiger partial charge in [0.05, 0.1) is 24.3 Å². The lowest BCUT2D eigenvalue weighted by atomic mass is 9.96. The number of nitriles is 1. The van der Waals surface area contributed by atoms with E-state index in [1.54, 1.807) is 6.07 Å². The van der Waals surface area contributed by atoms with Gasteiger partial charge in [0.25, 0.3) is 0 Å². The molecule has 0 aliphatic carbocycles. The van der Waals surface area contributed by atoms with Crippen LogP contribution in [0.3, 0.4) is 0 Å². The molecule has 1 aromatic rings. The summed E-state index contributed by atoms with van der Waals surface area (Å²) in [5, 5.41) is 8.83. The Morgan fingerprint density at radius 3 is 2.69 bits per heavy atom. The van der Waals surface area contributed by atoms with Gasteiger partial charge in [0.15, 0.2) is 6.29 Å². The summed E-state index contributed by atoms with van der Waals surface area (Å²) in [7, 11) is 1.25. The molecule has 1 aromatic carbocycles. The highest BCUT2D eigenvalue weighted by Gasteiger charge is 2.18. The topological polar surface area (TPSA) is 67.2 Å². The Labute approximate surface area is 93.5 Å². The van der Waals surface area contributed by atoms with Crippen molar-refractivity contribution in [3.8, 4) is 6.07 Å². The molecule has 0 fully saturated rings. The van der Waals surface area contributed by atoms with Crippen LogP contribution in [0.25, 0.3) is 0 Å². The second-order valence-corrected chi connectivity index (χ2v) is 3.14. The van der Waals surface area contributed by atoms with E-state index in [0.29, 0.717) is 18.3 Å². The van der Waals surface area contributed by atoms with E-state index in [-0.39, 0.29) is 16.7 Å². The summed E-state index contributed by atoms with van der Waals surface area (Å²) in [6, 6.07) is 5.08. The first-order valence-corrected chi connectivity index (χ1v) is 4.79. The maximum Gasteiger partial charge on any atom is 0.338 e. The Bertz CT molecular complexity index is 472. The van der Waals surface area contributed by atoms with Crippen LogP contribution >= 0.6 is 0 Å². The van der Waals surface area contributed by atoms with Gasteiger partial charge in [-0.25, -0.2) is 4.79 Å². The average Bonchev–Trinajstić information content (AvgIpc) is 2.35. The summed E-state index contributed by atoms with van der Waals surface area (Å²) in [5.41, 5.74) is 1.19. The van der Waals surface area contributed by atoms with Crippen molar-refractivity contribution in [1.29, 1.82) is 5.26 Å². The van der Waals surface area contributed by atoms with Crippen molar-refractivity contribution in [1.82, 2.24) is 0 Å². The van der Waals surface area contributed by atoms with E-state index in [9.17, 15) is 9.59 Å². The molecule has 0 unspecified atom stereocenters. The highest BCUT2D eigenvalue weighted by atomic mass is 16.5. The fraction of sp³-hybridized carbons (Fsp3) is 0.250. The van der Waals surface area contributed by atoms with E-state index in [1.165, 1.54) is 13.2 Å². The van der Waals surface area contributed by atoms with Gasteiger partial charge in [-0.3, -0.25) is 4.79 Å². The summed E-state index contributed by atoms with van der Waals surface area (Å²) in [6.45, 7) is 1.86. The van der Waals surface area contributed by atoms with Crippen molar-refractivity contribution in [2.45, 2.75) is 13.3 Å². The zero-order valence-corrected chi connectivity index (χ0v) is 9.11. The molecule has 16 heavy (non-hydrogen) atoms. The zero-order valence-electron chi connectivity index (χ0n) is 9.11. The molecule has 0 saturated carbocycles. The number of aryl methyl sites for hydroxylation is 1. The standard InChI is InChI=1S/C12H11NO3/c1-3-8-4-5-9(6-13)10(7-14)11(8)12(15)16-2/h4-5,7H,3H2,1-2H3. The quantitative estimate of drug-likeness (QED) is 0.571. The molecule has 4 nitrogen and oxygen atoms in total. The minimum absolute atomic E-state index is 0.105. The van der Waals surface area contributed by atoms with Crippen LogP contribution in [0.1, 0.15) is 38.8 Å². The fourth-order valence-electron chi connectivity index (χ4n) is 1.52. The number of nitrogens with zero attached hydrogens (tertiary/aromatic N) is 1. The molecule has 0 aliphatic rings. The lowest BCUT2D eigenvalue weighted by Crippen LogP contribution is -2.10. The molecule has 0 radical (unpaired) electrons. The van der Waals surface area contributed by atoms with Gasteiger partial charge in [-0.05, 0) is 18.1 Å². The maximum atomic E-state index is 11.6. The molecule has 0 aliphatic heterocycles. The zero-order chi connectivity index (χ0) is 12.1. The third-order valence-corrected chi connectivity index (χ3v) is 2.34. The molecule has 0 saturated heterocycles. The van der Waals surface area contributed by atoms with E-state index in [4.69, 9.17) is 5.26 Å². The van der Waals surface area contributed by atoms with Crippen LogP contribution in [0.5, 0.6) is 0 Å². The molecule has 82 valence electrons. The van der Waals surface area contributed by atoms with Crippen molar-refractivity contribution in [2.75, 3.05) is 7.11 Å². The summed E-state index contributed by atoms with van der Waals surface area (Å²) in [5.74, 6) is -0.587. The van der Waals surface area contributed by atoms with E-state index in [1.807, 2.05) is 13.0 Å². The van der Waals surface area contributed by atoms with E-state index < -0.39 is 5.97 Å². The van der Waals surface area contributed by atoms with Crippen LogP contribution in [0, 0.1) is 11.3 Å². The summed E-state index contributed by atoms with van der Waals surface area (Å²) in [6.07, 6.45) is 1.11. The number of esters is 1. The largest absolute Gasteiger partial charge is 0.465 e. The summed E-state index contributed by atoms with van der Waals surface area (Å²) in [4.78, 5) is 22.5. The number of carbonyl (C=O) groups excluding carboxylic acids is 2. The monoisotopic (exact) mass is 217 g/mol. The van der Waals surface area contributed by atoms with Crippen LogP contribution < -0.4 is 0 Å². The molecule has 0 spiro atoms. The van der Waals surface area contributed by atoms with Crippen molar-refractivity contribution < 1.29 is 14.3 Å². The first kappa shape index (κ1) is 11.9. The lowest BCUT2D eigenvalue weighted by molar-refractivity contribution is 0.0597. The van der Waals surface area contributed by atoms with Crippen molar-refractivity contribution >= 4 is 12.3 Å².